The first-order chi connectivity index (χ1) is 13.3. The molecule has 7 nitrogen and oxygen atoms in total. The maximum absolute atomic E-state index is 13.2. The van der Waals surface area contributed by atoms with E-state index < -0.39 is 21.8 Å². The van der Waals surface area contributed by atoms with Gasteiger partial charge in [-0.25, -0.2) is 8.42 Å². The van der Waals surface area contributed by atoms with Gasteiger partial charge in [-0.05, 0) is 56.7 Å². The Bertz CT molecular complexity index is 847. The summed E-state index contributed by atoms with van der Waals surface area (Å²) in [5, 5.41) is 5.37. The molecule has 1 saturated carbocycles. The van der Waals surface area contributed by atoms with Crippen LogP contribution >= 0.6 is 0 Å². The van der Waals surface area contributed by atoms with Gasteiger partial charge < -0.3 is 10.6 Å². The molecule has 2 aliphatic rings. The Labute approximate surface area is 166 Å². The zero-order valence-electron chi connectivity index (χ0n) is 16.5. The lowest BCUT2D eigenvalue weighted by molar-refractivity contribution is -0.139. The van der Waals surface area contributed by atoms with E-state index in [9.17, 15) is 18.0 Å². The molecule has 1 aromatic carbocycles. The summed E-state index contributed by atoms with van der Waals surface area (Å²) >= 11 is 0. The van der Waals surface area contributed by atoms with Gasteiger partial charge in [0.05, 0.1) is 4.90 Å². The third-order valence-corrected chi connectivity index (χ3v) is 7.74. The van der Waals surface area contributed by atoms with E-state index in [4.69, 9.17) is 0 Å². The summed E-state index contributed by atoms with van der Waals surface area (Å²) in [6, 6.07) is 5.12. The highest BCUT2D eigenvalue weighted by atomic mass is 32.2. The van der Waals surface area contributed by atoms with Crippen molar-refractivity contribution < 1.29 is 18.0 Å². The Hall–Kier alpha value is -1.93. The minimum absolute atomic E-state index is 0.0749. The number of nitrogens with one attached hydrogen (secondary N) is 2. The van der Waals surface area contributed by atoms with Crippen LogP contribution in [0.5, 0.6) is 0 Å². The van der Waals surface area contributed by atoms with Gasteiger partial charge in [-0.3, -0.25) is 9.59 Å². The molecule has 1 aliphatic heterocycles. The first kappa shape index (κ1) is 20.8. The highest BCUT2D eigenvalue weighted by Gasteiger charge is 2.36. The van der Waals surface area contributed by atoms with Crippen molar-refractivity contribution in [3.63, 3.8) is 0 Å². The van der Waals surface area contributed by atoms with E-state index in [-0.39, 0.29) is 18.6 Å². The van der Waals surface area contributed by atoms with Gasteiger partial charge >= 0.3 is 11.8 Å². The average Bonchev–Trinajstić information content (AvgIpc) is 3.33. The number of benzene rings is 1. The Kier molecular flexibility index (Phi) is 6.40. The van der Waals surface area contributed by atoms with Crippen molar-refractivity contribution in [1.82, 2.24) is 14.9 Å². The van der Waals surface area contributed by atoms with E-state index in [0.717, 1.165) is 37.7 Å². The molecule has 8 heteroatoms. The van der Waals surface area contributed by atoms with Crippen molar-refractivity contribution in [1.29, 1.82) is 0 Å². The molecule has 154 valence electrons. The zero-order chi connectivity index (χ0) is 20.3. The van der Waals surface area contributed by atoms with Gasteiger partial charge in [-0.2, -0.15) is 4.31 Å². The van der Waals surface area contributed by atoms with E-state index in [1.807, 2.05) is 19.1 Å². The van der Waals surface area contributed by atoms with Crippen LogP contribution in [-0.2, 0) is 19.6 Å². The monoisotopic (exact) mass is 407 g/mol. The molecule has 1 heterocycles. The first-order valence-corrected chi connectivity index (χ1v) is 11.4. The molecule has 0 bridgehead atoms. The van der Waals surface area contributed by atoms with E-state index >= 15 is 0 Å². The van der Waals surface area contributed by atoms with E-state index in [1.165, 1.54) is 4.31 Å². The molecular weight excluding hydrogens is 378 g/mol. The van der Waals surface area contributed by atoms with Crippen LogP contribution in [0.25, 0.3) is 0 Å². The maximum atomic E-state index is 13.2. The molecule has 3 rings (SSSR count). The SMILES string of the molecule is Cc1ccc(C)c(S(=O)(=O)N2CCC[C@H]2CNC(=O)C(=O)NC2CCCC2)c1. The number of carbonyl (C=O) groups is 2. The molecule has 1 saturated heterocycles. The fourth-order valence-corrected chi connectivity index (χ4v) is 6.06. The van der Waals surface area contributed by atoms with Crippen LogP contribution in [0.2, 0.25) is 0 Å². The summed E-state index contributed by atoms with van der Waals surface area (Å²) in [6.07, 6.45) is 5.35. The third kappa shape index (κ3) is 4.55. The van der Waals surface area contributed by atoms with Crippen LogP contribution in [0.3, 0.4) is 0 Å². The molecule has 0 spiro atoms. The minimum atomic E-state index is -3.65. The standard InChI is InChI=1S/C20H29N3O4S/c1-14-9-10-15(2)18(12-14)28(26,27)23-11-5-8-17(23)13-21-19(24)20(25)22-16-6-3-4-7-16/h9-10,12,16-17H,3-8,11,13H2,1-2H3,(H,21,24)(H,22,25)/t17-/m0/s1. The number of hydrogen-bond acceptors (Lipinski definition) is 4. The molecule has 2 fully saturated rings. The molecule has 0 radical (unpaired) electrons. The van der Waals surface area contributed by atoms with Crippen LogP contribution in [0, 0.1) is 13.8 Å². The predicted octanol–water partition coefficient (Wildman–Crippen LogP) is 1.63. The van der Waals surface area contributed by atoms with Crippen LogP contribution in [-0.4, -0.2) is 49.7 Å². The normalized spacial score (nSPS) is 21.0. The van der Waals surface area contributed by atoms with Crippen LogP contribution in [0.4, 0.5) is 0 Å². The second-order valence-corrected chi connectivity index (χ2v) is 9.70. The molecule has 2 amide bonds. The number of carbonyl (C=O) groups excluding carboxylic acids is 2. The van der Waals surface area contributed by atoms with Gasteiger partial charge in [0, 0.05) is 25.2 Å². The number of rotatable bonds is 5. The number of nitrogens with zero attached hydrogens (tertiary/aromatic N) is 1. The molecular formula is C20H29N3O4S. The average molecular weight is 408 g/mol. The summed E-state index contributed by atoms with van der Waals surface area (Å²) < 4.78 is 27.8. The predicted molar refractivity (Wildman–Crippen MR) is 106 cm³/mol. The first-order valence-electron chi connectivity index (χ1n) is 9.97. The van der Waals surface area contributed by atoms with Crippen LogP contribution in [0.1, 0.15) is 49.7 Å². The lowest BCUT2D eigenvalue weighted by atomic mass is 10.2. The largest absolute Gasteiger partial charge is 0.346 e. The summed E-state index contributed by atoms with van der Waals surface area (Å²) in [7, 11) is -3.65. The van der Waals surface area contributed by atoms with Gasteiger partial charge in [0.1, 0.15) is 0 Å². The molecule has 1 aromatic rings. The molecule has 0 aromatic heterocycles. The maximum Gasteiger partial charge on any atom is 0.309 e. The third-order valence-electron chi connectivity index (χ3n) is 5.65. The van der Waals surface area contributed by atoms with Gasteiger partial charge in [0.15, 0.2) is 0 Å². The van der Waals surface area contributed by atoms with E-state index in [0.29, 0.717) is 23.4 Å². The van der Waals surface area contributed by atoms with Crippen molar-refractivity contribution in [2.24, 2.45) is 0 Å². The van der Waals surface area contributed by atoms with Crippen molar-refractivity contribution in [2.75, 3.05) is 13.1 Å². The topological polar surface area (TPSA) is 95.6 Å². The fraction of sp³-hybridized carbons (Fsp3) is 0.600. The lowest BCUT2D eigenvalue weighted by Gasteiger charge is -2.25. The van der Waals surface area contributed by atoms with Crippen molar-refractivity contribution >= 4 is 21.8 Å². The summed E-state index contributed by atoms with van der Waals surface area (Å²) in [5.74, 6) is -1.32. The Morgan fingerprint density at radius 2 is 1.79 bits per heavy atom. The quantitative estimate of drug-likeness (QED) is 0.725. The second kappa shape index (κ2) is 8.61. The molecule has 1 aliphatic carbocycles. The number of hydrogen-bond donors (Lipinski definition) is 2. The van der Waals surface area contributed by atoms with Gasteiger partial charge in [0.25, 0.3) is 0 Å². The molecule has 0 unspecified atom stereocenters. The van der Waals surface area contributed by atoms with Crippen LogP contribution < -0.4 is 10.6 Å². The smallest absolute Gasteiger partial charge is 0.309 e. The van der Waals surface area contributed by atoms with Gasteiger partial charge in [-0.15, -0.1) is 0 Å². The molecule has 2 N–H and O–H groups in total. The Balaban J connectivity index is 1.63. The van der Waals surface area contributed by atoms with E-state index in [2.05, 4.69) is 10.6 Å². The fourth-order valence-electron chi connectivity index (χ4n) is 4.05. The zero-order valence-corrected chi connectivity index (χ0v) is 17.3. The van der Waals surface area contributed by atoms with E-state index in [1.54, 1.807) is 13.0 Å². The summed E-state index contributed by atoms with van der Waals surface area (Å²) in [4.78, 5) is 24.5. The molecule has 28 heavy (non-hydrogen) atoms. The number of amides is 2. The van der Waals surface area contributed by atoms with Crippen molar-refractivity contribution in [3.8, 4) is 0 Å². The van der Waals surface area contributed by atoms with Gasteiger partial charge in [-0.1, -0.05) is 25.0 Å². The Morgan fingerprint density at radius 1 is 1.07 bits per heavy atom. The molecule has 1 atom stereocenters. The second-order valence-electron chi connectivity index (χ2n) is 7.85. The van der Waals surface area contributed by atoms with Crippen molar-refractivity contribution in [2.45, 2.75) is 69.4 Å². The number of aryl methyl sites for hydroxylation is 2. The summed E-state index contributed by atoms with van der Waals surface area (Å²) in [5.41, 5.74) is 1.59. The van der Waals surface area contributed by atoms with Crippen LogP contribution in [0.15, 0.2) is 23.1 Å². The Morgan fingerprint density at radius 3 is 2.50 bits per heavy atom. The van der Waals surface area contributed by atoms with Crippen molar-refractivity contribution in [3.05, 3.63) is 29.3 Å². The minimum Gasteiger partial charge on any atom is -0.346 e. The van der Waals surface area contributed by atoms with Gasteiger partial charge in [0.2, 0.25) is 10.0 Å². The highest BCUT2D eigenvalue weighted by Crippen LogP contribution is 2.28. The highest BCUT2D eigenvalue weighted by molar-refractivity contribution is 7.89. The lowest BCUT2D eigenvalue weighted by Crippen LogP contribution is -2.48. The number of sulfonamides is 1. The summed E-state index contributed by atoms with van der Waals surface area (Å²) in [6.45, 7) is 4.21.